The molecule has 1 aliphatic carbocycles. The summed E-state index contributed by atoms with van der Waals surface area (Å²) in [6.07, 6.45) is 3.17. The first-order valence-electron chi connectivity index (χ1n) is 8.05. The Morgan fingerprint density at radius 3 is 2.96 bits per heavy atom. The smallest absolute Gasteiger partial charge is 0.220 e. The van der Waals surface area contributed by atoms with Gasteiger partial charge in [-0.25, -0.2) is 0 Å². The highest BCUT2D eigenvalue weighted by molar-refractivity contribution is 7.71. The van der Waals surface area contributed by atoms with Crippen LogP contribution < -0.4 is 10.1 Å². The third kappa shape index (κ3) is 4.96. The lowest BCUT2D eigenvalue weighted by Crippen LogP contribution is -2.24. The molecule has 0 atom stereocenters. The first kappa shape index (κ1) is 18.2. The maximum Gasteiger partial charge on any atom is 0.220 e. The number of benzene rings is 1. The highest BCUT2D eigenvalue weighted by Crippen LogP contribution is 2.35. The summed E-state index contributed by atoms with van der Waals surface area (Å²) < 4.78 is 8.16. The average molecular weight is 401 g/mol. The second-order valence-electron chi connectivity index (χ2n) is 5.85. The molecular weight excluding hydrogens is 383 g/mol. The number of ether oxygens (including phenoxy) is 1. The number of halogens is 2. The number of rotatable bonds is 8. The fourth-order valence-electron chi connectivity index (χ4n) is 2.44. The van der Waals surface area contributed by atoms with E-state index in [2.05, 4.69) is 15.5 Å². The highest BCUT2D eigenvalue weighted by atomic mass is 35.5. The van der Waals surface area contributed by atoms with Gasteiger partial charge < -0.3 is 10.1 Å². The summed E-state index contributed by atoms with van der Waals surface area (Å²) in [5, 5.41) is 10.8. The van der Waals surface area contributed by atoms with E-state index in [1.165, 1.54) is 0 Å². The number of amides is 1. The van der Waals surface area contributed by atoms with E-state index >= 15 is 0 Å². The van der Waals surface area contributed by atoms with Crippen molar-refractivity contribution >= 4 is 41.3 Å². The fraction of sp³-hybridized carbons (Fsp3) is 0.438. The molecule has 0 bridgehead atoms. The number of carbonyl (C=O) groups excluding carboxylic acids is 1. The van der Waals surface area contributed by atoms with Crippen molar-refractivity contribution in [2.24, 2.45) is 0 Å². The third-order valence-corrected chi connectivity index (χ3v) is 4.65. The summed E-state index contributed by atoms with van der Waals surface area (Å²) in [6, 6.07) is 5.47. The molecule has 1 aromatic heterocycles. The Kier molecular flexibility index (Phi) is 5.98. The van der Waals surface area contributed by atoms with Gasteiger partial charge in [0.15, 0.2) is 10.6 Å². The minimum absolute atomic E-state index is 0.0536. The van der Waals surface area contributed by atoms with Gasteiger partial charge in [-0.05, 0) is 49.7 Å². The molecule has 134 valence electrons. The van der Waals surface area contributed by atoms with E-state index in [9.17, 15) is 4.79 Å². The molecule has 1 fully saturated rings. The quantitative estimate of drug-likeness (QED) is 0.517. The van der Waals surface area contributed by atoms with Crippen LogP contribution in [0.15, 0.2) is 18.2 Å². The molecule has 0 saturated heterocycles. The van der Waals surface area contributed by atoms with Gasteiger partial charge in [-0.1, -0.05) is 23.2 Å². The number of H-pyrrole nitrogens is 1. The lowest BCUT2D eigenvalue weighted by atomic mass is 10.3. The predicted octanol–water partition coefficient (Wildman–Crippen LogP) is 4.06. The maximum absolute atomic E-state index is 12.0. The average Bonchev–Trinajstić information content (AvgIpc) is 3.34. The Hall–Kier alpha value is -1.57. The number of nitrogens with one attached hydrogen (secondary N) is 2. The lowest BCUT2D eigenvalue weighted by molar-refractivity contribution is -0.121. The topological polar surface area (TPSA) is 71.9 Å². The molecule has 1 heterocycles. The molecule has 0 spiro atoms. The van der Waals surface area contributed by atoms with Crippen LogP contribution in [-0.4, -0.2) is 27.3 Å². The van der Waals surface area contributed by atoms with Gasteiger partial charge in [0, 0.05) is 17.5 Å². The molecule has 2 aromatic rings. The standard InChI is InChI=1S/C16H18Cl2N4O2S/c17-10-3-6-13(12(18)8-10)24-7-1-2-15(23)19-9-14-20-21-16(25)22(14)11-4-5-11/h3,6,8,11H,1-2,4-5,7,9H2,(H,19,23)(H,21,25). The molecule has 6 nitrogen and oxygen atoms in total. The van der Waals surface area contributed by atoms with Crippen molar-refractivity contribution in [2.75, 3.05) is 6.61 Å². The zero-order chi connectivity index (χ0) is 17.8. The van der Waals surface area contributed by atoms with Crippen LogP contribution in [0.1, 0.15) is 37.5 Å². The van der Waals surface area contributed by atoms with E-state index in [4.69, 9.17) is 40.2 Å². The minimum atomic E-state index is -0.0536. The Morgan fingerprint density at radius 2 is 2.24 bits per heavy atom. The van der Waals surface area contributed by atoms with Crippen molar-refractivity contribution in [1.82, 2.24) is 20.1 Å². The van der Waals surface area contributed by atoms with Gasteiger partial charge in [-0.2, -0.15) is 5.10 Å². The van der Waals surface area contributed by atoms with Crippen molar-refractivity contribution in [2.45, 2.75) is 38.3 Å². The predicted molar refractivity (Wildman–Crippen MR) is 98.7 cm³/mol. The van der Waals surface area contributed by atoms with Gasteiger partial charge in [0.1, 0.15) is 5.75 Å². The molecule has 1 amide bonds. The van der Waals surface area contributed by atoms with E-state index in [1.807, 2.05) is 4.57 Å². The van der Waals surface area contributed by atoms with Crippen LogP contribution in [0.3, 0.4) is 0 Å². The van der Waals surface area contributed by atoms with E-state index in [1.54, 1.807) is 18.2 Å². The fourth-order valence-corrected chi connectivity index (χ4v) is 3.21. The van der Waals surface area contributed by atoms with Gasteiger partial charge in [-0.15, -0.1) is 0 Å². The molecule has 0 aliphatic heterocycles. The van der Waals surface area contributed by atoms with E-state index in [-0.39, 0.29) is 5.91 Å². The van der Waals surface area contributed by atoms with E-state index in [0.29, 0.717) is 52.6 Å². The van der Waals surface area contributed by atoms with Crippen molar-refractivity contribution < 1.29 is 9.53 Å². The number of nitrogens with zero attached hydrogens (tertiary/aromatic N) is 2. The summed E-state index contributed by atoms with van der Waals surface area (Å²) in [5.41, 5.74) is 0. The van der Waals surface area contributed by atoms with Gasteiger partial charge in [0.2, 0.25) is 5.91 Å². The first-order chi connectivity index (χ1) is 12.0. The number of hydrogen-bond donors (Lipinski definition) is 2. The summed E-state index contributed by atoms with van der Waals surface area (Å²) in [4.78, 5) is 12.0. The van der Waals surface area contributed by atoms with Crippen molar-refractivity contribution in [3.8, 4) is 5.75 Å². The Labute approximate surface area is 160 Å². The normalized spacial score (nSPS) is 13.7. The SMILES string of the molecule is O=C(CCCOc1ccc(Cl)cc1Cl)NCc1n[nH]c(=S)n1C1CC1. The molecule has 25 heavy (non-hydrogen) atoms. The zero-order valence-corrected chi connectivity index (χ0v) is 15.8. The third-order valence-electron chi connectivity index (χ3n) is 3.83. The van der Waals surface area contributed by atoms with Crippen LogP contribution in [0.2, 0.25) is 10.0 Å². The highest BCUT2D eigenvalue weighted by Gasteiger charge is 2.27. The van der Waals surface area contributed by atoms with Crippen LogP contribution in [0.25, 0.3) is 0 Å². The monoisotopic (exact) mass is 400 g/mol. The summed E-state index contributed by atoms with van der Waals surface area (Å²) in [7, 11) is 0. The number of hydrogen-bond acceptors (Lipinski definition) is 4. The van der Waals surface area contributed by atoms with E-state index in [0.717, 1.165) is 18.7 Å². The lowest BCUT2D eigenvalue weighted by Gasteiger charge is -2.09. The summed E-state index contributed by atoms with van der Waals surface area (Å²) >= 11 is 17.1. The number of carbonyl (C=O) groups is 1. The van der Waals surface area contributed by atoms with Gasteiger partial charge in [-0.3, -0.25) is 14.5 Å². The molecule has 1 saturated carbocycles. The molecule has 2 N–H and O–H groups in total. The second-order valence-corrected chi connectivity index (χ2v) is 7.08. The van der Waals surface area contributed by atoms with Crippen molar-refractivity contribution in [3.63, 3.8) is 0 Å². The molecule has 0 unspecified atom stereocenters. The van der Waals surface area contributed by atoms with E-state index < -0.39 is 0 Å². The molecule has 1 aliphatic rings. The van der Waals surface area contributed by atoms with Crippen LogP contribution >= 0.6 is 35.4 Å². The Balaban J connectivity index is 1.39. The number of aromatic nitrogens is 3. The summed E-state index contributed by atoms with van der Waals surface area (Å²) in [5.74, 6) is 1.28. The molecule has 0 radical (unpaired) electrons. The first-order valence-corrected chi connectivity index (χ1v) is 9.21. The minimum Gasteiger partial charge on any atom is -0.492 e. The van der Waals surface area contributed by atoms with Crippen LogP contribution in [0, 0.1) is 4.77 Å². The molecule has 1 aromatic carbocycles. The molecule has 3 rings (SSSR count). The van der Waals surface area contributed by atoms with Crippen LogP contribution in [-0.2, 0) is 11.3 Å². The van der Waals surface area contributed by atoms with Gasteiger partial charge in [0.05, 0.1) is 18.2 Å². The Bertz CT molecular complexity index is 817. The van der Waals surface area contributed by atoms with Crippen LogP contribution in [0.5, 0.6) is 5.75 Å². The van der Waals surface area contributed by atoms with Gasteiger partial charge in [0.25, 0.3) is 0 Å². The van der Waals surface area contributed by atoms with Gasteiger partial charge >= 0.3 is 0 Å². The maximum atomic E-state index is 12.0. The number of aromatic amines is 1. The molecular formula is C16H18Cl2N4O2S. The molecule has 9 heteroatoms. The second kappa shape index (κ2) is 8.21. The van der Waals surface area contributed by atoms with Crippen molar-refractivity contribution in [1.29, 1.82) is 0 Å². The van der Waals surface area contributed by atoms with Crippen LogP contribution in [0.4, 0.5) is 0 Å². The van der Waals surface area contributed by atoms with Crippen molar-refractivity contribution in [3.05, 3.63) is 38.8 Å². The zero-order valence-electron chi connectivity index (χ0n) is 13.4. The Morgan fingerprint density at radius 1 is 1.44 bits per heavy atom. The summed E-state index contributed by atoms with van der Waals surface area (Å²) in [6.45, 7) is 0.766. The largest absolute Gasteiger partial charge is 0.492 e.